The molecule has 0 unspecified atom stereocenters. The number of furan rings is 1. The van der Waals surface area contributed by atoms with E-state index < -0.39 is 0 Å². The lowest BCUT2D eigenvalue weighted by Crippen LogP contribution is -2.13. The molecule has 21 heavy (non-hydrogen) atoms. The van der Waals surface area contributed by atoms with Gasteiger partial charge in [-0.1, -0.05) is 30.3 Å². The Balaban J connectivity index is 2.50. The van der Waals surface area contributed by atoms with Crippen molar-refractivity contribution in [2.45, 2.75) is 0 Å². The lowest BCUT2D eigenvalue weighted by Gasteiger charge is -1.95. The molecule has 2 heterocycles. The lowest BCUT2D eigenvalue weighted by molar-refractivity contribution is 0.664. The summed E-state index contributed by atoms with van der Waals surface area (Å²) in [5.74, 6) is 0. The number of hydrogen-bond donors (Lipinski definition) is 0. The van der Waals surface area contributed by atoms with Gasteiger partial charge in [0.25, 0.3) is 5.56 Å². The highest BCUT2D eigenvalue weighted by Gasteiger charge is 2.15. The second-order valence-electron chi connectivity index (χ2n) is 5.01. The Bertz CT molecular complexity index is 1140. The Kier molecular flexibility index (Phi) is 2.30. The van der Waals surface area contributed by atoms with Gasteiger partial charge in [0.15, 0.2) is 5.58 Å². The van der Waals surface area contributed by atoms with Gasteiger partial charge >= 0.3 is 0 Å². The van der Waals surface area contributed by atoms with Crippen LogP contribution in [0.15, 0.2) is 62.5 Å². The third-order valence-corrected chi connectivity index (χ3v) is 3.82. The summed E-state index contributed by atoms with van der Waals surface area (Å²) in [5.41, 5.74) is 0.905. The highest BCUT2D eigenvalue weighted by molar-refractivity contribution is 6.04. The molecule has 0 aliphatic heterocycles. The molecule has 0 bridgehead atoms. The number of nitrogens with zero attached hydrogens (tertiary/aromatic N) is 1. The first-order valence-corrected chi connectivity index (χ1v) is 6.62. The van der Waals surface area contributed by atoms with Gasteiger partial charge in [-0.2, -0.15) is 0 Å². The Morgan fingerprint density at radius 2 is 1.48 bits per heavy atom. The summed E-state index contributed by atoms with van der Waals surface area (Å²) < 4.78 is 7.21. The van der Waals surface area contributed by atoms with Gasteiger partial charge in [0, 0.05) is 17.8 Å². The number of benzene rings is 2. The topological polar surface area (TPSA) is 52.2 Å². The molecule has 2 aromatic carbocycles. The molecule has 102 valence electrons. The maximum Gasteiger partial charge on any atom is 0.258 e. The fourth-order valence-electron chi connectivity index (χ4n) is 2.79. The molecule has 4 rings (SSSR count). The van der Waals surface area contributed by atoms with Crippen molar-refractivity contribution in [2.24, 2.45) is 7.05 Å². The summed E-state index contributed by atoms with van der Waals surface area (Å²) in [7, 11) is 1.67. The number of para-hydroxylation sites is 1. The smallest absolute Gasteiger partial charge is 0.258 e. The van der Waals surface area contributed by atoms with Gasteiger partial charge in [-0.15, -0.1) is 0 Å². The van der Waals surface area contributed by atoms with E-state index in [-0.39, 0.29) is 16.6 Å². The first-order valence-electron chi connectivity index (χ1n) is 6.62. The zero-order valence-electron chi connectivity index (χ0n) is 11.3. The fraction of sp³-hybridized carbons (Fsp3) is 0.0588. The molecule has 0 radical (unpaired) electrons. The van der Waals surface area contributed by atoms with Crippen LogP contribution < -0.4 is 11.0 Å². The molecule has 0 saturated carbocycles. The minimum atomic E-state index is -0.255. The third-order valence-electron chi connectivity index (χ3n) is 3.82. The molecular formula is C17H11NO3. The van der Waals surface area contributed by atoms with Gasteiger partial charge in [0.05, 0.1) is 5.39 Å². The molecule has 0 amide bonds. The maximum atomic E-state index is 12.7. The molecule has 2 aromatic heterocycles. The summed E-state index contributed by atoms with van der Waals surface area (Å²) in [6.45, 7) is 0. The zero-order chi connectivity index (χ0) is 14.6. The van der Waals surface area contributed by atoms with E-state index in [1.54, 1.807) is 37.4 Å². The number of aryl methyl sites for hydroxylation is 1. The van der Waals surface area contributed by atoms with Gasteiger partial charge in [-0.25, -0.2) is 0 Å². The van der Waals surface area contributed by atoms with Crippen molar-refractivity contribution in [3.05, 3.63) is 69.1 Å². The van der Waals surface area contributed by atoms with Gasteiger partial charge in [0.2, 0.25) is 5.43 Å². The monoisotopic (exact) mass is 277 g/mol. The van der Waals surface area contributed by atoms with E-state index in [2.05, 4.69) is 0 Å². The van der Waals surface area contributed by atoms with Crippen LogP contribution in [0.4, 0.5) is 0 Å². The molecule has 0 N–H and O–H groups in total. The Hall–Kier alpha value is -2.88. The molecular weight excluding hydrogens is 266 g/mol. The van der Waals surface area contributed by atoms with Crippen molar-refractivity contribution in [3.8, 4) is 0 Å². The van der Waals surface area contributed by atoms with E-state index in [1.165, 1.54) is 4.57 Å². The molecule has 0 spiro atoms. The Morgan fingerprint density at radius 3 is 2.24 bits per heavy atom. The molecule has 4 aromatic rings. The largest absolute Gasteiger partial charge is 0.450 e. The van der Waals surface area contributed by atoms with Crippen LogP contribution in [-0.4, -0.2) is 4.57 Å². The van der Waals surface area contributed by atoms with E-state index in [0.29, 0.717) is 21.9 Å². The highest BCUT2D eigenvalue weighted by atomic mass is 16.3. The van der Waals surface area contributed by atoms with Crippen molar-refractivity contribution >= 4 is 32.8 Å². The van der Waals surface area contributed by atoms with E-state index in [9.17, 15) is 9.59 Å². The van der Waals surface area contributed by atoms with Crippen LogP contribution >= 0.6 is 0 Å². The molecule has 0 atom stereocenters. The minimum Gasteiger partial charge on any atom is -0.450 e. The van der Waals surface area contributed by atoms with Crippen LogP contribution in [0.1, 0.15) is 0 Å². The summed E-state index contributed by atoms with van der Waals surface area (Å²) in [5, 5.41) is 1.55. The Morgan fingerprint density at radius 1 is 0.857 bits per heavy atom. The third kappa shape index (κ3) is 1.50. The summed E-state index contributed by atoms with van der Waals surface area (Å²) in [4.78, 5) is 25.3. The average Bonchev–Trinajstić information content (AvgIpc) is 2.89. The lowest BCUT2D eigenvalue weighted by atomic mass is 10.2. The standard InChI is InChI=1S/C17H11NO3/c1-18-14-12-8-4-5-9-13(12)21-16(14)15(19)10-6-2-3-7-11(10)17(18)20/h2-9H,1H3. The first-order chi connectivity index (χ1) is 10.2. The van der Waals surface area contributed by atoms with Crippen LogP contribution in [0.2, 0.25) is 0 Å². The van der Waals surface area contributed by atoms with E-state index in [0.717, 1.165) is 5.39 Å². The minimum absolute atomic E-state index is 0.204. The van der Waals surface area contributed by atoms with Crippen molar-refractivity contribution in [2.75, 3.05) is 0 Å². The number of hydrogen-bond acceptors (Lipinski definition) is 3. The average molecular weight is 277 g/mol. The molecule has 4 nitrogen and oxygen atoms in total. The number of aromatic nitrogens is 1. The molecule has 4 heteroatoms. The molecule has 0 saturated heterocycles. The summed E-state index contributed by atoms with van der Waals surface area (Å²) >= 11 is 0. The second kappa shape index (κ2) is 4.06. The quantitative estimate of drug-likeness (QED) is 0.496. The van der Waals surface area contributed by atoms with Crippen molar-refractivity contribution in [3.63, 3.8) is 0 Å². The van der Waals surface area contributed by atoms with E-state index in [1.807, 2.05) is 18.2 Å². The van der Waals surface area contributed by atoms with Crippen LogP contribution in [0.5, 0.6) is 0 Å². The first kappa shape index (κ1) is 11.9. The van der Waals surface area contributed by atoms with E-state index >= 15 is 0 Å². The van der Waals surface area contributed by atoms with Crippen LogP contribution in [0.3, 0.4) is 0 Å². The van der Waals surface area contributed by atoms with Crippen molar-refractivity contribution in [1.29, 1.82) is 0 Å². The second-order valence-corrected chi connectivity index (χ2v) is 5.01. The van der Waals surface area contributed by atoms with Crippen LogP contribution in [0, 0.1) is 0 Å². The predicted molar refractivity (Wildman–Crippen MR) is 82.7 cm³/mol. The molecule has 0 fully saturated rings. The normalized spacial score (nSPS) is 11.5. The maximum absolute atomic E-state index is 12.7. The SMILES string of the molecule is Cn1c(=O)c2ccccc2c(=O)c2oc3ccccc3c21. The van der Waals surface area contributed by atoms with Crippen molar-refractivity contribution < 1.29 is 4.42 Å². The van der Waals surface area contributed by atoms with Gasteiger partial charge in [0.1, 0.15) is 11.1 Å². The van der Waals surface area contributed by atoms with E-state index in [4.69, 9.17) is 4.42 Å². The zero-order valence-corrected chi connectivity index (χ0v) is 11.3. The van der Waals surface area contributed by atoms with Crippen LogP contribution in [-0.2, 0) is 7.05 Å². The van der Waals surface area contributed by atoms with Gasteiger partial charge in [-0.3, -0.25) is 9.59 Å². The summed E-state index contributed by atoms with van der Waals surface area (Å²) in [6.07, 6.45) is 0. The van der Waals surface area contributed by atoms with Crippen molar-refractivity contribution in [1.82, 2.24) is 4.57 Å². The number of fused-ring (bicyclic) bond motifs is 4. The Labute approximate surface area is 118 Å². The summed E-state index contributed by atoms with van der Waals surface area (Å²) in [6, 6.07) is 14.2. The number of rotatable bonds is 0. The van der Waals surface area contributed by atoms with Gasteiger partial charge in [-0.05, 0) is 18.2 Å². The molecule has 0 aliphatic rings. The molecule has 0 aliphatic carbocycles. The van der Waals surface area contributed by atoms with Crippen LogP contribution in [0.25, 0.3) is 32.8 Å². The highest BCUT2D eigenvalue weighted by Crippen LogP contribution is 2.25. The van der Waals surface area contributed by atoms with Gasteiger partial charge < -0.3 is 8.98 Å². The predicted octanol–water partition coefficient (Wildman–Crippen LogP) is 2.80. The fourth-order valence-corrected chi connectivity index (χ4v) is 2.79.